The number of tetrazole rings is 1. The third kappa shape index (κ3) is 4.66. The minimum absolute atomic E-state index is 0.190. The van der Waals surface area contributed by atoms with Gasteiger partial charge in [0.2, 0.25) is 10.0 Å². The molecule has 0 radical (unpaired) electrons. The van der Waals surface area contributed by atoms with Crippen molar-refractivity contribution in [1.29, 1.82) is 0 Å². The molecule has 10 heteroatoms. The van der Waals surface area contributed by atoms with E-state index >= 15 is 0 Å². The zero-order valence-corrected chi connectivity index (χ0v) is 18.5. The fourth-order valence-electron chi connectivity index (χ4n) is 3.32. The highest BCUT2D eigenvalue weighted by molar-refractivity contribution is 7.89. The van der Waals surface area contributed by atoms with Crippen molar-refractivity contribution in [3.63, 3.8) is 0 Å². The molecule has 0 saturated carbocycles. The van der Waals surface area contributed by atoms with Gasteiger partial charge in [-0.05, 0) is 70.4 Å². The molecule has 2 heterocycles. The summed E-state index contributed by atoms with van der Waals surface area (Å²) in [7, 11) is -2.22. The predicted molar refractivity (Wildman–Crippen MR) is 118 cm³/mol. The summed E-state index contributed by atoms with van der Waals surface area (Å²) in [6, 6.07) is 15.9. The van der Waals surface area contributed by atoms with Crippen molar-refractivity contribution in [2.75, 3.05) is 7.11 Å². The Hall–Kier alpha value is -3.63. The van der Waals surface area contributed by atoms with Crippen LogP contribution in [-0.2, 0) is 23.1 Å². The molecule has 0 amide bonds. The number of benzene rings is 2. The maximum atomic E-state index is 13.6. The Labute approximate surface area is 186 Å². The number of hydrogen-bond donors (Lipinski definition) is 0. The number of sulfonamides is 1. The average molecular weight is 451 g/mol. The van der Waals surface area contributed by atoms with Gasteiger partial charge in [0.15, 0.2) is 0 Å². The molecule has 0 aliphatic heterocycles. The summed E-state index contributed by atoms with van der Waals surface area (Å²) in [4.78, 5) is 4.32. The van der Waals surface area contributed by atoms with E-state index in [0.717, 1.165) is 16.7 Å². The first-order valence-corrected chi connectivity index (χ1v) is 11.3. The second kappa shape index (κ2) is 9.25. The predicted octanol–water partition coefficient (Wildman–Crippen LogP) is 2.77. The van der Waals surface area contributed by atoms with Gasteiger partial charge in [0.05, 0.1) is 17.7 Å². The van der Waals surface area contributed by atoms with Crippen molar-refractivity contribution < 1.29 is 13.2 Å². The number of aromatic nitrogens is 5. The summed E-state index contributed by atoms with van der Waals surface area (Å²) in [5, 5.41) is 11.2. The van der Waals surface area contributed by atoms with Crippen LogP contribution in [0.1, 0.15) is 16.7 Å². The van der Waals surface area contributed by atoms with Crippen molar-refractivity contribution in [2.24, 2.45) is 0 Å². The lowest BCUT2D eigenvalue weighted by Crippen LogP contribution is -2.30. The lowest BCUT2D eigenvalue weighted by atomic mass is 10.2. The fraction of sp³-hybridized carbons (Fsp3) is 0.182. The summed E-state index contributed by atoms with van der Waals surface area (Å²) < 4.78 is 35.4. The quantitative estimate of drug-likeness (QED) is 0.407. The summed E-state index contributed by atoms with van der Waals surface area (Å²) in [5.74, 6) is 0.712. The molecular formula is C22H22N6O3S. The van der Waals surface area contributed by atoms with Crippen LogP contribution in [0.5, 0.6) is 5.75 Å². The number of aryl methyl sites for hydroxylation is 1. The number of nitrogens with zero attached hydrogens (tertiary/aromatic N) is 6. The molecular weight excluding hydrogens is 428 g/mol. The number of methoxy groups -OCH3 is 1. The SMILES string of the molecule is COc1ccc(CN(Cc2cccnc2)S(=O)(=O)c2ccc(-n3cnnn3)c(C)c2)cc1. The van der Waals surface area contributed by atoms with Crippen LogP contribution < -0.4 is 4.74 Å². The lowest BCUT2D eigenvalue weighted by Gasteiger charge is -2.23. The second-order valence-electron chi connectivity index (χ2n) is 7.19. The Morgan fingerprint density at radius 3 is 2.44 bits per heavy atom. The highest BCUT2D eigenvalue weighted by Gasteiger charge is 2.26. The molecule has 0 aliphatic carbocycles. The van der Waals surface area contributed by atoms with Crippen molar-refractivity contribution in [1.82, 2.24) is 29.5 Å². The molecule has 2 aromatic carbocycles. The average Bonchev–Trinajstić information content (AvgIpc) is 3.34. The summed E-state index contributed by atoms with van der Waals surface area (Å²) in [5.41, 5.74) is 3.10. The minimum atomic E-state index is -3.81. The van der Waals surface area contributed by atoms with E-state index in [0.29, 0.717) is 11.4 Å². The van der Waals surface area contributed by atoms with Crippen LogP contribution in [0.4, 0.5) is 0 Å². The Morgan fingerprint density at radius 1 is 1.03 bits per heavy atom. The van der Waals surface area contributed by atoms with Crippen LogP contribution in [0, 0.1) is 6.92 Å². The standard InChI is InChI=1S/C22H22N6O3S/c1-17-12-21(9-10-22(17)28-16-24-25-26-28)32(29,30)27(15-19-4-3-11-23-13-19)14-18-5-7-20(31-2)8-6-18/h3-13,16H,14-15H2,1-2H3. The van der Waals surface area contributed by atoms with Gasteiger partial charge in [-0.3, -0.25) is 4.98 Å². The normalized spacial score (nSPS) is 11.6. The molecule has 0 N–H and O–H groups in total. The van der Waals surface area contributed by atoms with E-state index in [2.05, 4.69) is 20.5 Å². The molecule has 0 unspecified atom stereocenters. The van der Waals surface area contributed by atoms with Gasteiger partial charge in [-0.15, -0.1) is 5.10 Å². The molecule has 0 fully saturated rings. The first-order valence-electron chi connectivity index (χ1n) is 9.83. The molecule has 2 aromatic heterocycles. The van der Waals surface area contributed by atoms with Crippen LogP contribution in [0.2, 0.25) is 0 Å². The van der Waals surface area contributed by atoms with Crippen molar-refractivity contribution in [3.8, 4) is 11.4 Å². The topological polar surface area (TPSA) is 103 Å². The third-order valence-electron chi connectivity index (χ3n) is 5.00. The number of hydrogen-bond acceptors (Lipinski definition) is 7. The van der Waals surface area contributed by atoms with E-state index in [1.54, 1.807) is 43.8 Å². The monoisotopic (exact) mass is 450 g/mol. The van der Waals surface area contributed by atoms with Gasteiger partial charge in [0.1, 0.15) is 12.1 Å². The Morgan fingerprint density at radius 2 is 1.81 bits per heavy atom. The van der Waals surface area contributed by atoms with Crippen molar-refractivity contribution >= 4 is 10.0 Å². The third-order valence-corrected chi connectivity index (χ3v) is 6.79. The number of ether oxygens (including phenoxy) is 1. The summed E-state index contributed by atoms with van der Waals surface area (Å²) in [6.45, 7) is 2.22. The van der Waals surface area contributed by atoms with Crippen LogP contribution in [-0.4, -0.2) is 45.0 Å². The van der Waals surface area contributed by atoms with Crippen LogP contribution in [0.25, 0.3) is 5.69 Å². The molecule has 9 nitrogen and oxygen atoms in total. The summed E-state index contributed by atoms with van der Waals surface area (Å²) in [6.07, 6.45) is 4.80. The Balaban J connectivity index is 1.68. The van der Waals surface area contributed by atoms with Gasteiger partial charge in [-0.1, -0.05) is 18.2 Å². The molecule has 0 aliphatic rings. The smallest absolute Gasteiger partial charge is 0.243 e. The fourth-order valence-corrected chi connectivity index (χ4v) is 4.82. The maximum Gasteiger partial charge on any atom is 0.243 e. The zero-order chi connectivity index (χ0) is 22.6. The van der Waals surface area contributed by atoms with Crippen LogP contribution >= 0.6 is 0 Å². The number of pyridine rings is 1. The minimum Gasteiger partial charge on any atom is -0.497 e. The van der Waals surface area contributed by atoms with Gasteiger partial charge in [-0.2, -0.15) is 4.31 Å². The van der Waals surface area contributed by atoms with E-state index in [-0.39, 0.29) is 18.0 Å². The molecule has 0 spiro atoms. The van der Waals surface area contributed by atoms with Gasteiger partial charge < -0.3 is 4.74 Å². The molecule has 0 bridgehead atoms. The van der Waals surface area contributed by atoms with Crippen molar-refractivity contribution in [2.45, 2.75) is 24.9 Å². The highest BCUT2D eigenvalue weighted by Crippen LogP contribution is 2.25. The molecule has 4 rings (SSSR count). The van der Waals surface area contributed by atoms with Gasteiger partial charge in [0, 0.05) is 25.5 Å². The molecule has 0 saturated heterocycles. The molecule has 164 valence electrons. The van der Waals surface area contributed by atoms with Gasteiger partial charge in [-0.25, -0.2) is 13.1 Å². The van der Waals surface area contributed by atoms with Gasteiger partial charge >= 0.3 is 0 Å². The first-order chi connectivity index (χ1) is 15.5. The zero-order valence-electron chi connectivity index (χ0n) is 17.7. The lowest BCUT2D eigenvalue weighted by molar-refractivity contribution is 0.399. The largest absolute Gasteiger partial charge is 0.497 e. The van der Waals surface area contributed by atoms with E-state index in [9.17, 15) is 8.42 Å². The maximum absolute atomic E-state index is 13.6. The Kier molecular flexibility index (Phi) is 6.24. The van der Waals surface area contributed by atoms with E-state index in [1.165, 1.54) is 15.3 Å². The number of rotatable bonds is 8. The highest BCUT2D eigenvalue weighted by atomic mass is 32.2. The Bertz CT molecular complexity index is 1280. The first kappa shape index (κ1) is 21.6. The van der Waals surface area contributed by atoms with E-state index in [4.69, 9.17) is 4.74 Å². The van der Waals surface area contributed by atoms with E-state index in [1.807, 2.05) is 37.3 Å². The van der Waals surface area contributed by atoms with Gasteiger partial charge in [0.25, 0.3) is 0 Å². The van der Waals surface area contributed by atoms with Crippen LogP contribution in [0.3, 0.4) is 0 Å². The molecule has 32 heavy (non-hydrogen) atoms. The molecule has 0 atom stereocenters. The molecule has 4 aromatic rings. The van der Waals surface area contributed by atoms with E-state index < -0.39 is 10.0 Å². The summed E-state index contributed by atoms with van der Waals surface area (Å²) >= 11 is 0. The van der Waals surface area contributed by atoms with Crippen LogP contribution in [0.15, 0.2) is 78.2 Å². The second-order valence-corrected chi connectivity index (χ2v) is 9.12. The van der Waals surface area contributed by atoms with Crippen molar-refractivity contribution in [3.05, 3.63) is 90.0 Å².